The summed E-state index contributed by atoms with van der Waals surface area (Å²) in [7, 11) is 0. The Labute approximate surface area is 72.8 Å². The van der Waals surface area contributed by atoms with E-state index in [1.807, 2.05) is 0 Å². The molecule has 1 aliphatic rings. The van der Waals surface area contributed by atoms with E-state index in [4.69, 9.17) is 0 Å². The molecule has 4 nitrogen and oxygen atoms in total. The molecule has 1 fully saturated rings. The first-order valence-corrected chi connectivity index (χ1v) is 3.52. The van der Waals surface area contributed by atoms with Crippen LogP contribution in [0.2, 0.25) is 0 Å². The Bertz CT molecular complexity index is 128. The molecule has 0 spiro atoms. The number of cyclic esters (lactones) is 2. The van der Waals surface area contributed by atoms with Gasteiger partial charge in [0.05, 0.1) is 0 Å². The van der Waals surface area contributed by atoms with Crippen molar-refractivity contribution in [2.24, 2.45) is 0 Å². The topological polar surface area (TPSA) is 52.6 Å². The quantitative estimate of drug-likeness (QED) is 0.414. The van der Waals surface area contributed by atoms with E-state index in [0.29, 0.717) is 0 Å². The van der Waals surface area contributed by atoms with Gasteiger partial charge >= 0.3 is 11.9 Å². The minimum absolute atomic E-state index is 0. The lowest BCUT2D eigenvalue weighted by Gasteiger charge is -2.09. The standard InChI is InChI=1S/C4H4O4.C3H8.CH4/c5-3-1-4(6)8-2-7-3;1-3-2;/h1-2H2;3H2,1-2H3;1H4. The van der Waals surface area contributed by atoms with Gasteiger partial charge in [-0.1, -0.05) is 27.7 Å². The second-order valence-corrected chi connectivity index (χ2v) is 2.03. The van der Waals surface area contributed by atoms with Gasteiger partial charge in [-0.3, -0.25) is 9.59 Å². The number of hydrogen-bond acceptors (Lipinski definition) is 4. The lowest BCUT2D eigenvalue weighted by atomic mass is 10.4. The van der Waals surface area contributed by atoms with Gasteiger partial charge in [0, 0.05) is 0 Å². The van der Waals surface area contributed by atoms with Gasteiger partial charge in [0.1, 0.15) is 6.42 Å². The highest BCUT2D eigenvalue weighted by Crippen LogP contribution is 1.97. The molecule has 0 atom stereocenters. The molecule has 1 aliphatic heterocycles. The molecule has 0 saturated carbocycles. The predicted molar refractivity (Wildman–Crippen MR) is 44.4 cm³/mol. The van der Waals surface area contributed by atoms with Crippen LogP contribution in [0.5, 0.6) is 0 Å². The van der Waals surface area contributed by atoms with E-state index in [1.165, 1.54) is 6.42 Å². The molecule has 4 heteroatoms. The van der Waals surface area contributed by atoms with Crippen molar-refractivity contribution in [2.75, 3.05) is 6.79 Å². The van der Waals surface area contributed by atoms with Crippen LogP contribution in [-0.2, 0) is 19.1 Å². The maximum atomic E-state index is 10.2. The van der Waals surface area contributed by atoms with Crippen LogP contribution in [0.1, 0.15) is 34.1 Å². The SMILES string of the molecule is C.CCC.O=C1CC(=O)OCO1. The van der Waals surface area contributed by atoms with Gasteiger partial charge < -0.3 is 9.47 Å². The van der Waals surface area contributed by atoms with Crippen LogP contribution in [0.15, 0.2) is 0 Å². The van der Waals surface area contributed by atoms with Crippen molar-refractivity contribution in [1.29, 1.82) is 0 Å². The number of carbonyl (C=O) groups is 2. The zero-order valence-electron chi connectivity index (χ0n) is 6.75. The molecule has 1 saturated heterocycles. The molecule has 0 radical (unpaired) electrons. The first-order chi connectivity index (χ1) is 5.20. The van der Waals surface area contributed by atoms with E-state index in [0.717, 1.165) is 0 Å². The Morgan fingerprint density at radius 1 is 1.17 bits per heavy atom. The maximum absolute atomic E-state index is 10.2. The third-order valence-electron chi connectivity index (χ3n) is 0.729. The van der Waals surface area contributed by atoms with E-state index in [-0.39, 0.29) is 20.6 Å². The smallest absolute Gasteiger partial charge is 0.320 e. The third kappa shape index (κ3) is 7.05. The first kappa shape index (κ1) is 13.5. The summed E-state index contributed by atoms with van der Waals surface area (Å²) < 4.78 is 8.53. The van der Waals surface area contributed by atoms with Gasteiger partial charge in [-0.15, -0.1) is 0 Å². The van der Waals surface area contributed by atoms with Gasteiger partial charge in [-0.05, 0) is 0 Å². The van der Waals surface area contributed by atoms with E-state index in [1.54, 1.807) is 0 Å². The first-order valence-electron chi connectivity index (χ1n) is 3.52. The molecule has 72 valence electrons. The highest BCUT2D eigenvalue weighted by atomic mass is 16.7. The molecule has 0 unspecified atom stereocenters. The van der Waals surface area contributed by atoms with Gasteiger partial charge in [0.2, 0.25) is 6.79 Å². The highest BCUT2D eigenvalue weighted by Gasteiger charge is 2.17. The summed E-state index contributed by atoms with van der Waals surface area (Å²) in [5, 5.41) is 0. The van der Waals surface area contributed by atoms with Crippen molar-refractivity contribution in [3.63, 3.8) is 0 Å². The predicted octanol–water partition coefficient (Wildman–Crippen LogP) is 1.49. The summed E-state index contributed by atoms with van der Waals surface area (Å²) in [5.74, 6) is -1.03. The van der Waals surface area contributed by atoms with Crippen LogP contribution < -0.4 is 0 Å². The fraction of sp³-hybridized carbons (Fsp3) is 0.750. The highest BCUT2D eigenvalue weighted by molar-refractivity contribution is 5.92. The maximum Gasteiger partial charge on any atom is 0.320 e. The molecule has 1 heterocycles. The number of carbonyl (C=O) groups excluding carboxylic acids is 2. The van der Waals surface area contributed by atoms with Crippen molar-refractivity contribution < 1.29 is 19.1 Å². The third-order valence-corrected chi connectivity index (χ3v) is 0.729. The molecule has 1 rings (SSSR count). The molecular formula is C8H16O4. The Hall–Kier alpha value is -1.06. The Kier molecular flexibility index (Phi) is 9.06. The van der Waals surface area contributed by atoms with Crippen LogP contribution in [0.25, 0.3) is 0 Å². The fourth-order valence-corrected chi connectivity index (χ4v) is 0.381. The minimum atomic E-state index is -0.513. The number of hydrogen-bond donors (Lipinski definition) is 0. The van der Waals surface area contributed by atoms with E-state index >= 15 is 0 Å². The summed E-state index contributed by atoms with van der Waals surface area (Å²) in [6.45, 7) is 4.03. The Morgan fingerprint density at radius 3 is 1.67 bits per heavy atom. The molecule has 0 aliphatic carbocycles. The number of esters is 2. The number of rotatable bonds is 0. The van der Waals surface area contributed by atoms with Crippen molar-refractivity contribution in [3.8, 4) is 0 Å². The lowest BCUT2D eigenvalue weighted by Crippen LogP contribution is -2.22. The molecule has 0 aromatic heterocycles. The van der Waals surface area contributed by atoms with Crippen LogP contribution in [0.4, 0.5) is 0 Å². The monoisotopic (exact) mass is 176 g/mol. The van der Waals surface area contributed by atoms with Gasteiger partial charge in [-0.2, -0.15) is 0 Å². The van der Waals surface area contributed by atoms with Crippen molar-refractivity contribution in [1.82, 2.24) is 0 Å². The summed E-state index contributed by atoms with van der Waals surface area (Å²) in [6, 6.07) is 0. The number of ether oxygens (including phenoxy) is 2. The van der Waals surface area contributed by atoms with E-state index in [9.17, 15) is 9.59 Å². The average Bonchev–Trinajstić information content (AvgIpc) is 1.88. The zero-order valence-corrected chi connectivity index (χ0v) is 6.75. The Balaban J connectivity index is 0. The van der Waals surface area contributed by atoms with Gasteiger partial charge in [-0.25, -0.2) is 0 Å². The molecule has 12 heavy (non-hydrogen) atoms. The van der Waals surface area contributed by atoms with Crippen LogP contribution in [0, 0.1) is 0 Å². The second kappa shape index (κ2) is 8.04. The van der Waals surface area contributed by atoms with Crippen LogP contribution in [0.3, 0.4) is 0 Å². The van der Waals surface area contributed by atoms with Crippen LogP contribution >= 0.6 is 0 Å². The lowest BCUT2D eigenvalue weighted by molar-refractivity contribution is -0.181. The molecule has 0 aromatic rings. The minimum Gasteiger partial charge on any atom is -0.427 e. The summed E-state index contributed by atoms with van der Waals surface area (Å²) in [5.41, 5.74) is 0. The summed E-state index contributed by atoms with van der Waals surface area (Å²) in [4.78, 5) is 20.3. The fourth-order valence-electron chi connectivity index (χ4n) is 0.381. The molecule has 0 aromatic carbocycles. The Morgan fingerprint density at radius 2 is 1.50 bits per heavy atom. The van der Waals surface area contributed by atoms with Crippen molar-refractivity contribution >= 4 is 11.9 Å². The molecular weight excluding hydrogens is 160 g/mol. The van der Waals surface area contributed by atoms with Gasteiger partial charge in [0.25, 0.3) is 0 Å². The van der Waals surface area contributed by atoms with Gasteiger partial charge in [0.15, 0.2) is 0 Å². The molecule has 0 N–H and O–H groups in total. The largest absolute Gasteiger partial charge is 0.427 e. The van der Waals surface area contributed by atoms with Crippen LogP contribution in [-0.4, -0.2) is 18.7 Å². The van der Waals surface area contributed by atoms with Crippen molar-refractivity contribution in [3.05, 3.63) is 0 Å². The normalized spacial score (nSPS) is 14.5. The van der Waals surface area contributed by atoms with Crippen molar-refractivity contribution in [2.45, 2.75) is 34.1 Å². The van der Waals surface area contributed by atoms with E-state index < -0.39 is 11.9 Å². The molecule has 0 amide bonds. The van der Waals surface area contributed by atoms with E-state index in [2.05, 4.69) is 23.3 Å². The molecule has 0 bridgehead atoms. The summed E-state index contributed by atoms with van der Waals surface area (Å²) >= 11 is 0. The average molecular weight is 176 g/mol. The zero-order chi connectivity index (χ0) is 8.69. The summed E-state index contributed by atoms with van der Waals surface area (Å²) in [6.07, 6.45) is 1.000. The second-order valence-electron chi connectivity index (χ2n) is 2.03.